The third kappa shape index (κ3) is 2.77. The van der Waals surface area contributed by atoms with E-state index >= 15 is 0 Å². The zero-order valence-electron chi connectivity index (χ0n) is 14.5. The van der Waals surface area contributed by atoms with Crippen molar-refractivity contribution in [1.82, 2.24) is 19.5 Å². The number of amides is 1. The van der Waals surface area contributed by atoms with Crippen molar-refractivity contribution in [2.24, 2.45) is 5.73 Å². The van der Waals surface area contributed by atoms with Gasteiger partial charge in [0.25, 0.3) is 5.91 Å². The Kier molecular flexibility index (Phi) is 4.00. The second kappa shape index (κ2) is 6.36. The maximum absolute atomic E-state index is 12.6. The summed E-state index contributed by atoms with van der Waals surface area (Å²) in [7, 11) is 1.54. The largest absolute Gasteiger partial charge is 0.497 e. The smallest absolute Gasteiger partial charge is 0.332 e. The molecule has 4 aromatic rings. The van der Waals surface area contributed by atoms with E-state index in [0.29, 0.717) is 17.3 Å². The minimum atomic E-state index is -0.739. The number of aryl methyl sites for hydroxylation is 1. The average molecular weight is 381 g/mol. The van der Waals surface area contributed by atoms with Crippen molar-refractivity contribution in [2.75, 3.05) is 7.11 Å². The lowest BCUT2D eigenvalue weighted by molar-refractivity contribution is 0.0997. The molecule has 0 radical (unpaired) electrons. The van der Waals surface area contributed by atoms with Crippen LogP contribution in [0.25, 0.3) is 27.6 Å². The fourth-order valence-electron chi connectivity index (χ4n) is 2.86. The highest BCUT2D eigenvalue weighted by molar-refractivity contribution is 7.13. The van der Waals surface area contributed by atoms with E-state index in [1.807, 2.05) is 18.4 Å². The first kappa shape index (κ1) is 17.0. The van der Waals surface area contributed by atoms with E-state index in [1.54, 1.807) is 31.4 Å². The number of methoxy groups -OCH3 is 1. The highest BCUT2D eigenvalue weighted by atomic mass is 32.1. The monoisotopic (exact) mass is 381 g/mol. The number of nitrogens with zero attached hydrogens (tertiary/aromatic N) is 3. The topological polar surface area (TPSA) is 116 Å². The van der Waals surface area contributed by atoms with E-state index in [1.165, 1.54) is 15.9 Å². The number of thiophene rings is 1. The molecule has 9 heteroatoms. The van der Waals surface area contributed by atoms with Crippen molar-refractivity contribution in [2.45, 2.75) is 6.92 Å². The molecule has 0 aliphatic carbocycles. The summed E-state index contributed by atoms with van der Waals surface area (Å²) in [6.45, 7) is 1.93. The molecule has 0 unspecified atom stereocenters. The Morgan fingerprint density at radius 2 is 2.11 bits per heavy atom. The van der Waals surface area contributed by atoms with Crippen LogP contribution in [0.4, 0.5) is 0 Å². The van der Waals surface area contributed by atoms with Gasteiger partial charge in [-0.3, -0.25) is 4.79 Å². The maximum atomic E-state index is 12.6. The molecule has 8 nitrogen and oxygen atoms in total. The Bertz CT molecular complexity index is 1240. The van der Waals surface area contributed by atoms with Gasteiger partial charge in [0.1, 0.15) is 11.3 Å². The second-order valence-corrected chi connectivity index (χ2v) is 6.77. The molecule has 4 rings (SSSR count). The van der Waals surface area contributed by atoms with Gasteiger partial charge in [0, 0.05) is 6.07 Å². The van der Waals surface area contributed by atoms with Crippen molar-refractivity contribution >= 4 is 28.4 Å². The number of hydrogen-bond donors (Lipinski definition) is 2. The quantitative estimate of drug-likeness (QED) is 0.562. The number of nitrogens with one attached hydrogen (secondary N) is 1. The summed E-state index contributed by atoms with van der Waals surface area (Å²) < 4.78 is 6.61. The number of aromatic nitrogens is 4. The molecule has 3 aromatic heterocycles. The van der Waals surface area contributed by atoms with Gasteiger partial charge in [-0.2, -0.15) is 0 Å². The van der Waals surface area contributed by atoms with Crippen LogP contribution in [0.3, 0.4) is 0 Å². The van der Waals surface area contributed by atoms with Gasteiger partial charge in [-0.1, -0.05) is 6.07 Å². The van der Waals surface area contributed by atoms with Gasteiger partial charge in [0.2, 0.25) is 0 Å². The fraction of sp³-hybridized carbons (Fsp3) is 0.111. The van der Waals surface area contributed by atoms with Crippen LogP contribution in [0, 0.1) is 6.92 Å². The third-order valence-electron chi connectivity index (χ3n) is 4.15. The lowest BCUT2D eigenvalue weighted by atomic mass is 10.2. The standard InChI is InChI=1S/C18H15N5O3S/c1-9-6-7-27-14(9)16-20-12(15(19)24)13-17(22-16)23(18(25)21-13)10-4-3-5-11(8-10)26-2/h3-8H,1-2H3,(H2,19,24)(H,21,25). The molecule has 0 bridgehead atoms. The third-order valence-corrected chi connectivity index (χ3v) is 5.16. The number of carbonyl (C=O) groups excluding carboxylic acids is 1. The Balaban J connectivity index is 2.07. The Labute approximate surface area is 157 Å². The number of hydrogen-bond acceptors (Lipinski definition) is 6. The van der Waals surface area contributed by atoms with Crippen LogP contribution >= 0.6 is 11.3 Å². The number of benzene rings is 1. The van der Waals surface area contributed by atoms with Crippen LogP contribution in [-0.2, 0) is 0 Å². The highest BCUT2D eigenvalue weighted by Gasteiger charge is 2.21. The van der Waals surface area contributed by atoms with Crippen molar-refractivity contribution in [1.29, 1.82) is 0 Å². The van der Waals surface area contributed by atoms with Gasteiger partial charge in [0.05, 0.1) is 17.7 Å². The number of aromatic amines is 1. The van der Waals surface area contributed by atoms with E-state index in [0.717, 1.165) is 10.4 Å². The molecule has 3 N–H and O–H groups in total. The molecule has 0 atom stereocenters. The number of ether oxygens (including phenoxy) is 1. The van der Waals surface area contributed by atoms with Gasteiger partial charge in [-0.05, 0) is 36.1 Å². The van der Waals surface area contributed by atoms with Gasteiger partial charge in [0.15, 0.2) is 17.2 Å². The zero-order chi connectivity index (χ0) is 19.1. The van der Waals surface area contributed by atoms with Crippen LogP contribution in [0.1, 0.15) is 16.1 Å². The second-order valence-electron chi connectivity index (χ2n) is 5.86. The first-order valence-corrected chi connectivity index (χ1v) is 8.89. The van der Waals surface area contributed by atoms with E-state index in [-0.39, 0.29) is 16.9 Å². The number of fused-ring (bicyclic) bond motifs is 1. The summed E-state index contributed by atoms with van der Waals surface area (Å²) in [5.41, 5.74) is 7.03. The first-order chi connectivity index (χ1) is 13.0. The Morgan fingerprint density at radius 1 is 1.30 bits per heavy atom. The Hall–Kier alpha value is -3.46. The van der Waals surface area contributed by atoms with Crippen molar-refractivity contribution < 1.29 is 9.53 Å². The normalized spacial score (nSPS) is 11.0. The molecule has 0 fully saturated rings. The lowest BCUT2D eigenvalue weighted by Gasteiger charge is -2.07. The molecule has 3 heterocycles. The molecule has 27 heavy (non-hydrogen) atoms. The van der Waals surface area contributed by atoms with E-state index < -0.39 is 11.6 Å². The maximum Gasteiger partial charge on any atom is 0.332 e. The number of imidazole rings is 1. The number of rotatable bonds is 4. The minimum Gasteiger partial charge on any atom is -0.497 e. The van der Waals surface area contributed by atoms with Gasteiger partial charge in [-0.25, -0.2) is 19.3 Å². The van der Waals surface area contributed by atoms with E-state index in [2.05, 4.69) is 15.0 Å². The molecule has 0 spiro atoms. The number of nitrogens with two attached hydrogens (primary N) is 1. The van der Waals surface area contributed by atoms with Crippen molar-refractivity contribution in [3.63, 3.8) is 0 Å². The summed E-state index contributed by atoms with van der Waals surface area (Å²) in [6, 6.07) is 8.92. The van der Waals surface area contributed by atoms with Crippen molar-refractivity contribution in [3.8, 4) is 22.1 Å². The molecule has 1 aromatic carbocycles. The van der Waals surface area contributed by atoms with Gasteiger partial charge in [-0.15, -0.1) is 11.3 Å². The minimum absolute atomic E-state index is 0.0263. The summed E-state index contributed by atoms with van der Waals surface area (Å²) in [4.78, 5) is 36.9. The van der Waals surface area contributed by atoms with Crippen LogP contribution in [0.5, 0.6) is 5.75 Å². The van der Waals surface area contributed by atoms with Crippen molar-refractivity contribution in [3.05, 3.63) is 57.5 Å². The SMILES string of the molecule is COc1cccc(-n2c(=O)[nH]c3c(C(N)=O)nc(-c4sccc4C)nc32)c1. The summed E-state index contributed by atoms with van der Waals surface area (Å²) in [5.74, 6) is 0.198. The van der Waals surface area contributed by atoms with Crippen LogP contribution in [-0.4, -0.2) is 32.5 Å². The first-order valence-electron chi connectivity index (χ1n) is 8.01. The van der Waals surface area contributed by atoms with E-state index in [9.17, 15) is 9.59 Å². The molecule has 0 aliphatic heterocycles. The molecule has 0 aliphatic rings. The molecule has 0 saturated heterocycles. The molecular weight excluding hydrogens is 366 g/mol. The summed E-state index contributed by atoms with van der Waals surface area (Å²) in [5, 5.41) is 1.91. The number of carbonyl (C=O) groups is 1. The zero-order valence-corrected chi connectivity index (χ0v) is 15.3. The Morgan fingerprint density at radius 3 is 2.78 bits per heavy atom. The predicted molar refractivity (Wildman–Crippen MR) is 103 cm³/mol. The van der Waals surface area contributed by atoms with Crippen LogP contribution in [0.15, 0.2) is 40.5 Å². The summed E-state index contributed by atoms with van der Waals surface area (Å²) in [6.07, 6.45) is 0. The number of primary amides is 1. The van der Waals surface area contributed by atoms with Crippen LogP contribution < -0.4 is 16.2 Å². The summed E-state index contributed by atoms with van der Waals surface area (Å²) >= 11 is 1.45. The van der Waals surface area contributed by atoms with Gasteiger partial charge >= 0.3 is 5.69 Å². The van der Waals surface area contributed by atoms with Crippen LogP contribution in [0.2, 0.25) is 0 Å². The number of H-pyrrole nitrogens is 1. The molecule has 1 amide bonds. The average Bonchev–Trinajstić information content (AvgIpc) is 3.22. The van der Waals surface area contributed by atoms with Gasteiger partial charge < -0.3 is 15.5 Å². The predicted octanol–water partition coefficient (Wildman–Crippen LogP) is 2.25. The lowest BCUT2D eigenvalue weighted by Crippen LogP contribution is -2.15. The molecule has 0 saturated carbocycles. The van der Waals surface area contributed by atoms with E-state index in [4.69, 9.17) is 10.5 Å². The fourth-order valence-corrected chi connectivity index (χ4v) is 3.71. The molecule has 136 valence electrons. The highest BCUT2D eigenvalue weighted by Crippen LogP contribution is 2.28. The molecular formula is C18H15N5O3S.